The Kier molecular flexibility index (Phi) is 5.53. The maximum atomic E-state index is 5.70. The van der Waals surface area contributed by atoms with E-state index >= 15 is 0 Å². The van der Waals surface area contributed by atoms with Crippen LogP contribution in [0.5, 0.6) is 0 Å². The fourth-order valence-electron chi connectivity index (χ4n) is 0.973. The van der Waals surface area contributed by atoms with Crippen LogP contribution in [0.3, 0.4) is 0 Å². The zero-order valence-electron chi connectivity index (χ0n) is 9.83. The third-order valence-corrected chi connectivity index (χ3v) is 2.59. The average molecular weight is 190 g/mol. The molecule has 0 saturated carbocycles. The SMILES string of the molecule is CCOC(C)OC(C)[N+](C)(C)CC. The van der Waals surface area contributed by atoms with Crippen LogP contribution in [0, 0.1) is 0 Å². The second-order valence-corrected chi connectivity index (χ2v) is 3.85. The fourth-order valence-corrected chi connectivity index (χ4v) is 0.973. The van der Waals surface area contributed by atoms with Crippen LogP contribution < -0.4 is 0 Å². The van der Waals surface area contributed by atoms with Gasteiger partial charge in [-0.05, 0) is 20.8 Å². The fraction of sp³-hybridized carbons (Fsp3) is 1.00. The lowest BCUT2D eigenvalue weighted by Gasteiger charge is -2.35. The monoisotopic (exact) mass is 190 g/mol. The van der Waals surface area contributed by atoms with Crippen LogP contribution in [0.1, 0.15) is 27.7 Å². The minimum atomic E-state index is -0.107. The van der Waals surface area contributed by atoms with Crippen LogP contribution in [0.15, 0.2) is 0 Å². The molecule has 13 heavy (non-hydrogen) atoms. The molecule has 0 rings (SSSR count). The van der Waals surface area contributed by atoms with E-state index in [1.807, 2.05) is 13.8 Å². The number of quaternary nitrogens is 1. The maximum Gasteiger partial charge on any atom is 0.192 e. The van der Waals surface area contributed by atoms with E-state index in [0.717, 1.165) is 11.0 Å². The lowest BCUT2D eigenvalue weighted by molar-refractivity contribution is -0.935. The molecule has 0 aromatic carbocycles. The van der Waals surface area contributed by atoms with Gasteiger partial charge < -0.3 is 14.0 Å². The minimum Gasteiger partial charge on any atom is -0.353 e. The second kappa shape index (κ2) is 5.58. The lowest BCUT2D eigenvalue weighted by Crippen LogP contribution is -2.49. The van der Waals surface area contributed by atoms with Crippen LogP contribution in [0.25, 0.3) is 0 Å². The van der Waals surface area contributed by atoms with Gasteiger partial charge in [0.1, 0.15) is 0 Å². The van der Waals surface area contributed by atoms with Crippen molar-refractivity contribution < 1.29 is 14.0 Å². The zero-order valence-corrected chi connectivity index (χ0v) is 9.83. The molecule has 2 atom stereocenters. The summed E-state index contributed by atoms with van der Waals surface area (Å²) >= 11 is 0. The number of rotatable bonds is 6. The molecular weight excluding hydrogens is 166 g/mol. The molecule has 0 fully saturated rings. The van der Waals surface area contributed by atoms with E-state index in [-0.39, 0.29) is 12.5 Å². The summed E-state index contributed by atoms with van der Waals surface area (Å²) < 4.78 is 11.9. The molecule has 0 saturated heterocycles. The molecule has 80 valence electrons. The highest BCUT2D eigenvalue weighted by atomic mass is 16.7. The molecule has 3 heteroatoms. The van der Waals surface area contributed by atoms with Crippen LogP contribution in [-0.4, -0.2) is 44.2 Å². The summed E-state index contributed by atoms with van der Waals surface area (Å²) in [6.07, 6.45) is 0.0653. The molecule has 0 aromatic heterocycles. The van der Waals surface area contributed by atoms with Gasteiger partial charge in [0.2, 0.25) is 0 Å². The zero-order chi connectivity index (χ0) is 10.5. The summed E-state index contributed by atoms with van der Waals surface area (Å²) in [7, 11) is 4.31. The first-order chi connectivity index (χ1) is 5.94. The van der Waals surface area contributed by atoms with Gasteiger partial charge in [-0.2, -0.15) is 0 Å². The van der Waals surface area contributed by atoms with Crippen molar-refractivity contribution in [2.75, 3.05) is 27.2 Å². The Bertz CT molecular complexity index is 137. The smallest absolute Gasteiger partial charge is 0.192 e. The lowest BCUT2D eigenvalue weighted by atomic mass is 10.4. The van der Waals surface area contributed by atoms with E-state index in [1.165, 1.54) is 0 Å². The minimum absolute atomic E-state index is 0.107. The van der Waals surface area contributed by atoms with Crippen molar-refractivity contribution in [1.29, 1.82) is 0 Å². The van der Waals surface area contributed by atoms with Gasteiger partial charge in [0.15, 0.2) is 12.5 Å². The number of hydrogen-bond donors (Lipinski definition) is 0. The average Bonchev–Trinajstić information content (AvgIpc) is 2.04. The summed E-state index contributed by atoms with van der Waals surface area (Å²) in [5.74, 6) is 0. The summed E-state index contributed by atoms with van der Waals surface area (Å²) in [5.41, 5.74) is 0. The van der Waals surface area contributed by atoms with Gasteiger partial charge in [0.25, 0.3) is 0 Å². The number of ether oxygens (including phenoxy) is 2. The molecule has 0 N–H and O–H groups in total. The predicted molar refractivity (Wildman–Crippen MR) is 54.3 cm³/mol. The molecule has 0 aliphatic carbocycles. The van der Waals surface area contributed by atoms with Crippen molar-refractivity contribution >= 4 is 0 Å². The summed E-state index contributed by atoms with van der Waals surface area (Å²) in [4.78, 5) is 0. The van der Waals surface area contributed by atoms with E-state index in [0.29, 0.717) is 6.61 Å². The van der Waals surface area contributed by atoms with E-state index in [9.17, 15) is 0 Å². The quantitative estimate of drug-likeness (QED) is 0.470. The van der Waals surface area contributed by atoms with Gasteiger partial charge in [-0.3, -0.25) is 0 Å². The standard InChI is InChI=1S/C10H24NO2/c1-7-11(5,6)9(3)13-10(4)12-8-2/h9-10H,7-8H2,1-6H3/q+1. The molecule has 0 amide bonds. The van der Waals surface area contributed by atoms with Crippen molar-refractivity contribution in [3.05, 3.63) is 0 Å². The van der Waals surface area contributed by atoms with Gasteiger partial charge in [0.05, 0.1) is 20.6 Å². The van der Waals surface area contributed by atoms with Crippen molar-refractivity contribution in [1.82, 2.24) is 0 Å². The van der Waals surface area contributed by atoms with Gasteiger partial charge in [-0.25, -0.2) is 0 Å². The first kappa shape index (κ1) is 12.9. The summed E-state index contributed by atoms with van der Waals surface area (Å²) in [5, 5.41) is 0. The summed E-state index contributed by atoms with van der Waals surface area (Å²) in [6.45, 7) is 9.91. The van der Waals surface area contributed by atoms with Crippen LogP contribution in [0.4, 0.5) is 0 Å². The predicted octanol–water partition coefficient (Wildman–Crippen LogP) is 1.83. The summed E-state index contributed by atoms with van der Waals surface area (Å²) in [6, 6.07) is 0. The third-order valence-electron chi connectivity index (χ3n) is 2.59. The molecule has 0 spiro atoms. The van der Waals surface area contributed by atoms with Gasteiger partial charge in [-0.1, -0.05) is 0 Å². The van der Waals surface area contributed by atoms with E-state index in [4.69, 9.17) is 9.47 Å². The Hall–Kier alpha value is -0.120. The van der Waals surface area contributed by atoms with Gasteiger partial charge >= 0.3 is 0 Å². The van der Waals surface area contributed by atoms with Crippen LogP contribution >= 0.6 is 0 Å². The number of hydrogen-bond acceptors (Lipinski definition) is 2. The Morgan fingerprint density at radius 2 is 1.69 bits per heavy atom. The van der Waals surface area contributed by atoms with Gasteiger partial charge in [-0.15, -0.1) is 0 Å². The Balaban J connectivity index is 3.91. The topological polar surface area (TPSA) is 18.5 Å². The highest BCUT2D eigenvalue weighted by Gasteiger charge is 2.24. The molecule has 0 aliphatic rings. The highest BCUT2D eigenvalue weighted by molar-refractivity contribution is 4.37. The third kappa shape index (κ3) is 4.60. The first-order valence-electron chi connectivity index (χ1n) is 5.03. The highest BCUT2D eigenvalue weighted by Crippen LogP contribution is 2.10. The van der Waals surface area contributed by atoms with E-state index in [1.54, 1.807) is 0 Å². The molecule has 0 heterocycles. The van der Waals surface area contributed by atoms with Crippen LogP contribution in [0.2, 0.25) is 0 Å². The van der Waals surface area contributed by atoms with Gasteiger partial charge in [0, 0.05) is 13.5 Å². The molecule has 0 radical (unpaired) electrons. The molecule has 3 nitrogen and oxygen atoms in total. The van der Waals surface area contributed by atoms with Crippen molar-refractivity contribution in [2.24, 2.45) is 0 Å². The second-order valence-electron chi connectivity index (χ2n) is 3.85. The van der Waals surface area contributed by atoms with E-state index in [2.05, 4.69) is 27.9 Å². The molecule has 0 aliphatic heterocycles. The Morgan fingerprint density at radius 1 is 1.15 bits per heavy atom. The largest absolute Gasteiger partial charge is 0.353 e. The molecule has 0 aromatic rings. The normalized spacial score (nSPS) is 17.1. The van der Waals surface area contributed by atoms with Crippen molar-refractivity contribution in [3.8, 4) is 0 Å². The van der Waals surface area contributed by atoms with E-state index < -0.39 is 0 Å². The number of nitrogens with zero attached hydrogens (tertiary/aromatic N) is 1. The van der Waals surface area contributed by atoms with Crippen molar-refractivity contribution in [3.63, 3.8) is 0 Å². The van der Waals surface area contributed by atoms with Crippen molar-refractivity contribution in [2.45, 2.75) is 40.2 Å². The molecular formula is C10H24NO2+. The molecule has 0 bridgehead atoms. The van der Waals surface area contributed by atoms with Crippen LogP contribution in [-0.2, 0) is 9.47 Å². The Morgan fingerprint density at radius 3 is 2.08 bits per heavy atom. The first-order valence-corrected chi connectivity index (χ1v) is 5.03. The maximum absolute atomic E-state index is 5.70. The Labute approximate surface area is 82.2 Å². The molecule has 2 unspecified atom stereocenters.